The molecule has 0 aliphatic heterocycles. The van der Waals surface area contributed by atoms with Crippen molar-refractivity contribution >= 4 is 21.7 Å². The molecule has 15 heavy (non-hydrogen) atoms. The number of pyridine rings is 1. The van der Waals surface area contributed by atoms with Gasteiger partial charge < -0.3 is 4.42 Å². The van der Waals surface area contributed by atoms with Gasteiger partial charge in [-0.15, -0.1) is 0 Å². The van der Waals surface area contributed by atoms with Crippen LogP contribution < -0.4 is 0 Å². The second-order valence-corrected chi connectivity index (χ2v) is 3.99. The highest BCUT2D eigenvalue weighted by molar-refractivity contribution is 9.10. The van der Waals surface area contributed by atoms with E-state index in [4.69, 9.17) is 4.42 Å². The number of carbonyl (C=O) groups is 1. The predicted molar refractivity (Wildman–Crippen MR) is 58.7 cm³/mol. The van der Waals surface area contributed by atoms with Gasteiger partial charge in [0.2, 0.25) is 0 Å². The first-order valence-electron chi connectivity index (χ1n) is 4.42. The highest BCUT2D eigenvalue weighted by Crippen LogP contribution is 2.12. The summed E-state index contributed by atoms with van der Waals surface area (Å²) < 4.78 is 5.90. The number of halogens is 1. The zero-order valence-corrected chi connectivity index (χ0v) is 9.40. The largest absolute Gasteiger partial charge is 0.469 e. The number of hydrogen-bond acceptors (Lipinski definition) is 3. The molecule has 2 aromatic heterocycles. The van der Waals surface area contributed by atoms with Crippen LogP contribution in [-0.2, 0) is 6.42 Å². The van der Waals surface area contributed by atoms with Crippen LogP contribution in [0, 0.1) is 0 Å². The fourth-order valence-electron chi connectivity index (χ4n) is 1.24. The van der Waals surface area contributed by atoms with Crippen molar-refractivity contribution in [3.63, 3.8) is 0 Å². The zero-order chi connectivity index (χ0) is 10.7. The lowest BCUT2D eigenvalue weighted by atomic mass is 10.1. The van der Waals surface area contributed by atoms with Crippen LogP contribution in [0.15, 0.2) is 45.7 Å². The van der Waals surface area contributed by atoms with Crippen LogP contribution in [-0.4, -0.2) is 10.8 Å². The molecule has 2 aromatic rings. The molecule has 3 nitrogen and oxygen atoms in total. The molecule has 0 bridgehead atoms. The summed E-state index contributed by atoms with van der Waals surface area (Å²) >= 11 is 3.27. The SMILES string of the molecule is O=C(Cc1ccco1)c1cncc(Br)c1. The lowest BCUT2D eigenvalue weighted by Crippen LogP contribution is -2.03. The van der Waals surface area contributed by atoms with E-state index >= 15 is 0 Å². The minimum absolute atomic E-state index is 0.00116. The summed E-state index contributed by atoms with van der Waals surface area (Å²) in [6.07, 6.45) is 5.02. The molecule has 0 N–H and O–H groups in total. The Morgan fingerprint density at radius 1 is 1.47 bits per heavy atom. The van der Waals surface area contributed by atoms with Crippen molar-refractivity contribution in [2.75, 3.05) is 0 Å². The van der Waals surface area contributed by atoms with Gasteiger partial charge in [-0.2, -0.15) is 0 Å². The Labute approximate surface area is 95.3 Å². The van der Waals surface area contributed by atoms with Crippen molar-refractivity contribution in [1.82, 2.24) is 4.98 Å². The molecule has 0 radical (unpaired) electrons. The smallest absolute Gasteiger partial charge is 0.171 e. The number of furan rings is 1. The van der Waals surface area contributed by atoms with E-state index in [-0.39, 0.29) is 12.2 Å². The minimum Gasteiger partial charge on any atom is -0.469 e. The van der Waals surface area contributed by atoms with Crippen molar-refractivity contribution in [2.24, 2.45) is 0 Å². The molecule has 0 amide bonds. The second kappa shape index (κ2) is 4.40. The van der Waals surface area contributed by atoms with E-state index in [1.165, 1.54) is 0 Å². The fourth-order valence-corrected chi connectivity index (χ4v) is 1.60. The molecule has 0 aromatic carbocycles. The van der Waals surface area contributed by atoms with Crippen LogP contribution >= 0.6 is 15.9 Å². The Balaban J connectivity index is 2.15. The van der Waals surface area contributed by atoms with Crippen LogP contribution in [0.3, 0.4) is 0 Å². The summed E-state index contributed by atoms with van der Waals surface area (Å²) in [5.74, 6) is 0.665. The standard InChI is InChI=1S/C11H8BrNO2/c12-9-4-8(6-13-7-9)11(14)5-10-2-1-3-15-10/h1-4,6-7H,5H2. The first-order valence-corrected chi connectivity index (χ1v) is 5.21. The maximum absolute atomic E-state index is 11.7. The van der Waals surface area contributed by atoms with E-state index in [9.17, 15) is 4.79 Å². The minimum atomic E-state index is -0.00116. The molecule has 2 heterocycles. The predicted octanol–water partition coefficient (Wildman–Crippen LogP) is 2.86. The number of rotatable bonds is 3. The van der Waals surface area contributed by atoms with Crippen molar-refractivity contribution in [1.29, 1.82) is 0 Å². The van der Waals surface area contributed by atoms with Gasteiger partial charge in [-0.3, -0.25) is 9.78 Å². The molecular weight excluding hydrogens is 258 g/mol. The van der Waals surface area contributed by atoms with Gasteiger partial charge >= 0.3 is 0 Å². The normalized spacial score (nSPS) is 10.2. The monoisotopic (exact) mass is 265 g/mol. The maximum Gasteiger partial charge on any atom is 0.171 e. The van der Waals surface area contributed by atoms with Gasteiger partial charge in [-0.25, -0.2) is 0 Å². The molecule has 0 fully saturated rings. The summed E-state index contributed by atoms with van der Waals surface area (Å²) in [5, 5.41) is 0. The molecule has 0 aliphatic rings. The number of carbonyl (C=O) groups excluding carboxylic acids is 1. The number of Topliss-reactive ketones (excluding diaryl/α,β-unsaturated/α-hetero) is 1. The number of ketones is 1. The van der Waals surface area contributed by atoms with Crippen LogP contribution in [0.2, 0.25) is 0 Å². The summed E-state index contributed by atoms with van der Waals surface area (Å²) in [6.45, 7) is 0. The Kier molecular flexibility index (Phi) is 2.97. The van der Waals surface area contributed by atoms with Crippen LogP contribution in [0.1, 0.15) is 16.1 Å². The van der Waals surface area contributed by atoms with Crippen molar-refractivity contribution < 1.29 is 9.21 Å². The van der Waals surface area contributed by atoms with Crippen molar-refractivity contribution in [2.45, 2.75) is 6.42 Å². The summed E-state index contributed by atoms with van der Waals surface area (Å²) in [5.41, 5.74) is 0.584. The molecule has 0 aliphatic carbocycles. The van der Waals surface area contributed by atoms with Gasteiger partial charge in [0.05, 0.1) is 12.7 Å². The van der Waals surface area contributed by atoms with Crippen LogP contribution in [0.5, 0.6) is 0 Å². The quantitative estimate of drug-likeness (QED) is 0.802. The van der Waals surface area contributed by atoms with E-state index in [1.54, 1.807) is 36.9 Å². The fraction of sp³-hybridized carbons (Fsp3) is 0.0909. The third-order valence-corrected chi connectivity index (χ3v) is 2.38. The highest BCUT2D eigenvalue weighted by Gasteiger charge is 2.09. The molecule has 76 valence electrons. The summed E-state index contributed by atoms with van der Waals surface area (Å²) in [6, 6.07) is 5.29. The topological polar surface area (TPSA) is 43.1 Å². The van der Waals surface area contributed by atoms with E-state index in [0.717, 1.165) is 4.47 Å². The van der Waals surface area contributed by atoms with Gasteiger partial charge in [-0.05, 0) is 34.1 Å². The summed E-state index contributed by atoms with van der Waals surface area (Å²) in [7, 11) is 0. The van der Waals surface area contributed by atoms with E-state index in [2.05, 4.69) is 20.9 Å². The van der Waals surface area contributed by atoms with Crippen molar-refractivity contribution in [3.8, 4) is 0 Å². The molecule has 0 saturated carbocycles. The molecule has 0 saturated heterocycles. The van der Waals surface area contributed by atoms with Crippen LogP contribution in [0.4, 0.5) is 0 Å². The Bertz CT molecular complexity index is 465. The second-order valence-electron chi connectivity index (χ2n) is 3.07. The third kappa shape index (κ3) is 2.53. The molecule has 0 spiro atoms. The van der Waals surface area contributed by atoms with E-state index in [1.807, 2.05) is 0 Å². The Hall–Kier alpha value is -1.42. The molecule has 0 atom stereocenters. The average Bonchev–Trinajstić information content (AvgIpc) is 2.70. The number of hydrogen-bond donors (Lipinski definition) is 0. The Morgan fingerprint density at radius 2 is 2.33 bits per heavy atom. The van der Waals surface area contributed by atoms with Crippen molar-refractivity contribution in [3.05, 3.63) is 52.7 Å². The molecule has 0 unspecified atom stereocenters. The Morgan fingerprint density at radius 3 is 3.00 bits per heavy atom. The van der Waals surface area contributed by atoms with Crippen LogP contribution in [0.25, 0.3) is 0 Å². The third-order valence-electron chi connectivity index (χ3n) is 1.94. The number of nitrogens with zero attached hydrogens (tertiary/aromatic N) is 1. The molecule has 2 rings (SSSR count). The van der Waals surface area contributed by atoms with E-state index in [0.29, 0.717) is 11.3 Å². The first kappa shape index (κ1) is 10.1. The van der Waals surface area contributed by atoms with Gasteiger partial charge in [0.15, 0.2) is 5.78 Å². The lowest BCUT2D eigenvalue weighted by molar-refractivity contribution is 0.0986. The highest BCUT2D eigenvalue weighted by atomic mass is 79.9. The zero-order valence-electron chi connectivity index (χ0n) is 7.81. The van der Waals surface area contributed by atoms with E-state index < -0.39 is 0 Å². The van der Waals surface area contributed by atoms with Gasteiger partial charge in [0.1, 0.15) is 5.76 Å². The lowest BCUT2D eigenvalue weighted by Gasteiger charge is -1.98. The summed E-state index contributed by atoms with van der Waals surface area (Å²) in [4.78, 5) is 15.7. The maximum atomic E-state index is 11.7. The molecular formula is C11H8BrNO2. The average molecular weight is 266 g/mol. The van der Waals surface area contributed by atoms with Gasteiger partial charge in [0, 0.05) is 22.4 Å². The first-order chi connectivity index (χ1) is 7.25. The number of aromatic nitrogens is 1. The van der Waals surface area contributed by atoms with Gasteiger partial charge in [-0.1, -0.05) is 0 Å². The molecule has 4 heteroatoms. The van der Waals surface area contributed by atoms with Gasteiger partial charge in [0.25, 0.3) is 0 Å².